The van der Waals surface area contributed by atoms with Crippen molar-refractivity contribution in [1.82, 2.24) is 0 Å². The number of phenols is 1. The molecule has 0 aliphatic carbocycles. The Hall–Kier alpha value is -3.35. The highest BCUT2D eigenvalue weighted by atomic mass is 16.5. The molecule has 0 heterocycles. The van der Waals surface area contributed by atoms with Crippen LogP contribution >= 0.6 is 0 Å². The number of esters is 1. The highest BCUT2D eigenvalue weighted by molar-refractivity contribution is 6.01. The number of hydrogen-bond acceptors (Lipinski definition) is 6. The third-order valence-corrected chi connectivity index (χ3v) is 4.50. The van der Waals surface area contributed by atoms with Crippen molar-refractivity contribution in [2.75, 3.05) is 12.4 Å². The first-order valence-electron chi connectivity index (χ1n) is 9.71. The molecule has 0 saturated carbocycles. The molecule has 1 unspecified atom stereocenters. The molecule has 0 fully saturated rings. The normalized spacial score (nSPS) is 11.6. The van der Waals surface area contributed by atoms with Crippen molar-refractivity contribution in [3.05, 3.63) is 53.6 Å². The molecule has 0 radical (unpaired) electrons. The SMILES string of the molecule is COc1ccc(CCC(=O)OC(C)C(=O)c2ccc(NC(=O)C(C)C)cc2)cc1O. The Balaban J connectivity index is 1.87. The maximum atomic E-state index is 12.5. The van der Waals surface area contributed by atoms with E-state index in [4.69, 9.17) is 9.47 Å². The van der Waals surface area contributed by atoms with Crippen molar-refractivity contribution in [3.63, 3.8) is 0 Å². The molecule has 0 bridgehead atoms. The number of aromatic hydroxyl groups is 1. The Morgan fingerprint density at radius 1 is 1.03 bits per heavy atom. The first kappa shape index (κ1) is 22.9. The maximum absolute atomic E-state index is 12.5. The van der Waals surface area contributed by atoms with Gasteiger partial charge in [0.1, 0.15) is 0 Å². The largest absolute Gasteiger partial charge is 0.504 e. The van der Waals surface area contributed by atoms with Crippen LogP contribution in [0.3, 0.4) is 0 Å². The molecule has 0 saturated heterocycles. The monoisotopic (exact) mass is 413 g/mol. The van der Waals surface area contributed by atoms with Gasteiger partial charge in [-0.05, 0) is 55.3 Å². The summed E-state index contributed by atoms with van der Waals surface area (Å²) in [5, 5.41) is 12.5. The summed E-state index contributed by atoms with van der Waals surface area (Å²) < 4.78 is 10.2. The number of methoxy groups -OCH3 is 1. The van der Waals surface area contributed by atoms with Crippen LogP contribution in [-0.2, 0) is 20.7 Å². The summed E-state index contributed by atoms with van der Waals surface area (Å²) in [5.74, 6) is -0.733. The first-order chi connectivity index (χ1) is 14.2. The average Bonchev–Trinajstić information content (AvgIpc) is 2.72. The van der Waals surface area contributed by atoms with E-state index in [9.17, 15) is 19.5 Å². The zero-order chi connectivity index (χ0) is 22.3. The van der Waals surface area contributed by atoms with E-state index in [0.717, 1.165) is 5.56 Å². The van der Waals surface area contributed by atoms with Gasteiger partial charge in [0, 0.05) is 23.6 Å². The second-order valence-corrected chi connectivity index (χ2v) is 7.22. The van der Waals surface area contributed by atoms with Crippen LogP contribution in [0.5, 0.6) is 11.5 Å². The lowest BCUT2D eigenvalue weighted by molar-refractivity contribution is -0.146. The number of nitrogens with one attached hydrogen (secondary N) is 1. The second-order valence-electron chi connectivity index (χ2n) is 7.22. The van der Waals surface area contributed by atoms with E-state index in [1.54, 1.807) is 50.2 Å². The number of hydrogen-bond donors (Lipinski definition) is 2. The van der Waals surface area contributed by atoms with Crippen LogP contribution in [-0.4, -0.2) is 36.0 Å². The number of carbonyl (C=O) groups is 3. The molecule has 0 aliphatic rings. The second kappa shape index (κ2) is 10.4. The van der Waals surface area contributed by atoms with Crippen molar-refractivity contribution in [2.24, 2.45) is 5.92 Å². The molecule has 2 rings (SSSR count). The molecule has 2 aromatic carbocycles. The van der Waals surface area contributed by atoms with E-state index in [-0.39, 0.29) is 29.8 Å². The van der Waals surface area contributed by atoms with E-state index >= 15 is 0 Å². The Labute approximate surface area is 176 Å². The van der Waals surface area contributed by atoms with Gasteiger partial charge in [0.2, 0.25) is 11.7 Å². The quantitative estimate of drug-likeness (QED) is 0.480. The summed E-state index contributed by atoms with van der Waals surface area (Å²) in [5.41, 5.74) is 1.74. The molecule has 0 aromatic heterocycles. The summed E-state index contributed by atoms with van der Waals surface area (Å²) in [6, 6.07) is 11.3. The van der Waals surface area contributed by atoms with Gasteiger partial charge in [0.05, 0.1) is 7.11 Å². The molecular formula is C23H27NO6. The zero-order valence-corrected chi connectivity index (χ0v) is 17.6. The Kier molecular flexibility index (Phi) is 7.98. The van der Waals surface area contributed by atoms with Crippen molar-refractivity contribution < 1.29 is 29.0 Å². The highest BCUT2D eigenvalue weighted by Gasteiger charge is 2.20. The van der Waals surface area contributed by atoms with Crippen molar-refractivity contribution >= 4 is 23.3 Å². The summed E-state index contributed by atoms with van der Waals surface area (Å²) >= 11 is 0. The predicted octanol–water partition coefficient (Wildman–Crippen LogP) is 3.74. The van der Waals surface area contributed by atoms with Crippen molar-refractivity contribution in [3.8, 4) is 11.5 Å². The van der Waals surface area contributed by atoms with Gasteiger partial charge >= 0.3 is 5.97 Å². The van der Waals surface area contributed by atoms with E-state index in [1.165, 1.54) is 20.1 Å². The summed E-state index contributed by atoms with van der Waals surface area (Å²) in [6.45, 7) is 5.11. The van der Waals surface area contributed by atoms with Gasteiger partial charge in [-0.2, -0.15) is 0 Å². The number of amides is 1. The predicted molar refractivity (Wildman–Crippen MR) is 113 cm³/mol. The molecule has 160 valence electrons. The number of ether oxygens (including phenoxy) is 2. The molecule has 1 atom stereocenters. The van der Waals surface area contributed by atoms with Gasteiger partial charge in [-0.3, -0.25) is 14.4 Å². The number of ketones is 1. The molecule has 1 amide bonds. The number of benzene rings is 2. The molecule has 0 spiro atoms. The first-order valence-corrected chi connectivity index (χ1v) is 9.71. The molecule has 30 heavy (non-hydrogen) atoms. The Morgan fingerprint density at radius 3 is 2.27 bits per heavy atom. The fourth-order valence-corrected chi connectivity index (χ4v) is 2.69. The number of rotatable bonds is 9. The summed E-state index contributed by atoms with van der Waals surface area (Å²) in [7, 11) is 1.46. The van der Waals surface area contributed by atoms with Crippen LogP contribution in [0.4, 0.5) is 5.69 Å². The van der Waals surface area contributed by atoms with Gasteiger partial charge in [0.25, 0.3) is 0 Å². The lowest BCUT2D eigenvalue weighted by Gasteiger charge is -2.13. The Bertz CT molecular complexity index is 904. The van der Waals surface area contributed by atoms with Crippen LogP contribution in [0, 0.1) is 5.92 Å². The molecule has 2 aromatic rings. The molecule has 0 aliphatic heterocycles. The van der Waals surface area contributed by atoms with Gasteiger partial charge in [0.15, 0.2) is 17.6 Å². The van der Waals surface area contributed by atoms with Gasteiger partial charge < -0.3 is 19.9 Å². The van der Waals surface area contributed by atoms with Crippen molar-refractivity contribution in [1.29, 1.82) is 0 Å². The van der Waals surface area contributed by atoms with E-state index < -0.39 is 12.1 Å². The van der Waals surface area contributed by atoms with E-state index in [0.29, 0.717) is 23.4 Å². The lowest BCUT2D eigenvalue weighted by Crippen LogP contribution is -2.24. The van der Waals surface area contributed by atoms with Gasteiger partial charge in [-0.15, -0.1) is 0 Å². The van der Waals surface area contributed by atoms with Crippen LogP contribution in [0.25, 0.3) is 0 Å². The minimum Gasteiger partial charge on any atom is -0.504 e. The molecular weight excluding hydrogens is 386 g/mol. The number of phenolic OH excluding ortho intramolecular Hbond substituents is 1. The van der Waals surface area contributed by atoms with Crippen molar-refractivity contribution in [2.45, 2.75) is 39.7 Å². The van der Waals surface area contributed by atoms with Gasteiger partial charge in [-0.1, -0.05) is 19.9 Å². The minimum absolute atomic E-state index is 0.0000518. The highest BCUT2D eigenvalue weighted by Crippen LogP contribution is 2.26. The van der Waals surface area contributed by atoms with E-state index in [2.05, 4.69) is 5.32 Å². The lowest BCUT2D eigenvalue weighted by atomic mass is 10.1. The number of Topliss-reactive ketones (excluding diaryl/α,β-unsaturated/α-hetero) is 1. The Morgan fingerprint density at radius 2 is 1.70 bits per heavy atom. The van der Waals surface area contributed by atoms with Crippen LogP contribution in [0.15, 0.2) is 42.5 Å². The minimum atomic E-state index is -0.933. The van der Waals surface area contributed by atoms with Crippen LogP contribution in [0.1, 0.15) is 43.1 Å². The fraction of sp³-hybridized carbons (Fsp3) is 0.348. The number of carbonyl (C=O) groups excluding carboxylic acids is 3. The van der Waals surface area contributed by atoms with Gasteiger partial charge in [-0.25, -0.2) is 0 Å². The number of aryl methyl sites for hydroxylation is 1. The maximum Gasteiger partial charge on any atom is 0.306 e. The fourth-order valence-electron chi connectivity index (χ4n) is 2.69. The third kappa shape index (κ3) is 6.34. The molecule has 7 heteroatoms. The average molecular weight is 413 g/mol. The topological polar surface area (TPSA) is 102 Å². The standard InChI is InChI=1S/C23H27NO6/c1-14(2)23(28)24-18-9-7-17(8-10-18)22(27)15(3)30-21(26)12-6-16-5-11-20(29-4)19(25)13-16/h5,7-11,13-15,25H,6,12H2,1-4H3,(H,24,28). The van der Waals surface area contributed by atoms with E-state index in [1.807, 2.05) is 0 Å². The van der Waals surface area contributed by atoms with Crippen LogP contribution in [0.2, 0.25) is 0 Å². The van der Waals surface area contributed by atoms with Crippen LogP contribution < -0.4 is 10.1 Å². The zero-order valence-electron chi connectivity index (χ0n) is 17.6. The molecule has 7 nitrogen and oxygen atoms in total. The third-order valence-electron chi connectivity index (χ3n) is 4.50. The summed E-state index contributed by atoms with van der Waals surface area (Å²) in [4.78, 5) is 36.3. The molecule has 2 N–H and O–H groups in total. The summed E-state index contributed by atoms with van der Waals surface area (Å²) in [6.07, 6.45) is -0.497. The number of anilines is 1. The smallest absolute Gasteiger partial charge is 0.306 e.